The summed E-state index contributed by atoms with van der Waals surface area (Å²) in [6, 6.07) is 0.272. The van der Waals surface area contributed by atoms with E-state index in [4.69, 9.17) is 5.73 Å². The monoisotopic (exact) mass is 328 g/mol. The maximum Gasteiger partial charge on any atom is 0.265 e. The third-order valence-electron chi connectivity index (χ3n) is 3.79. The number of carbonyl (C=O) groups excluding carboxylic acids is 1. The first-order valence-corrected chi connectivity index (χ1v) is 9.46. The van der Waals surface area contributed by atoms with E-state index in [1.165, 1.54) is 17.8 Å². The Kier molecular flexibility index (Phi) is 5.75. The zero-order valence-electron chi connectivity index (χ0n) is 12.9. The van der Waals surface area contributed by atoms with Gasteiger partial charge in [0.15, 0.2) is 5.13 Å². The molecule has 1 fully saturated rings. The predicted molar refractivity (Wildman–Crippen MR) is 92.5 cm³/mol. The highest BCUT2D eigenvalue weighted by atomic mass is 32.2. The van der Waals surface area contributed by atoms with Crippen LogP contribution in [-0.4, -0.2) is 42.0 Å². The van der Waals surface area contributed by atoms with E-state index in [1.807, 2.05) is 23.7 Å². The minimum atomic E-state index is -0.0760. The molecule has 1 aliphatic carbocycles. The van der Waals surface area contributed by atoms with Gasteiger partial charge in [0.2, 0.25) is 0 Å². The average Bonchev–Trinajstić information content (AvgIpc) is 3.05. The number of hydrogen-bond donors (Lipinski definition) is 2. The largest absolute Gasteiger partial charge is 0.382 e. The molecule has 7 heteroatoms. The van der Waals surface area contributed by atoms with E-state index in [9.17, 15) is 4.79 Å². The smallest absolute Gasteiger partial charge is 0.265 e. The Labute approximate surface area is 134 Å². The molecule has 1 saturated carbocycles. The number of thioether (sulfide) groups is 1. The summed E-state index contributed by atoms with van der Waals surface area (Å²) in [7, 11) is 1.98. The van der Waals surface area contributed by atoms with Crippen LogP contribution in [0.2, 0.25) is 0 Å². The Morgan fingerprint density at radius 2 is 2.33 bits per heavy atom. The fraction of sp³-hybridized carbons (Fsp3) is 0.714. The lowest BCUT2D eigenvalue weighted by Crippen LogP contribution is -2.33. The molecule has 1 aromatic heterocycles. The molecular formula is C14H24N4OS2. The van der Waals surface area contributed by atoms with Crippen LogP contribution >= 0.6 is 23.1 Å². The molecule has 3 N–H and O–H groups in total. The predicted octanol–water partition coefficient (Wildman–Crippen LogP) is 2.59. The highest BCUT2D eigenvalue weighted by molar-refractivity contribution is 7.99. The number of nitrogens with one attached hydrogen (secondary N) is 1. The summed E-state index contributed by atoms with van der Waals surface area (Å²) < 4.78 is 0. The van der Waals surface area contributed by atoms with Crippen molar-refractivity contribution >= 4 is 40.0 Å². The first kappa shape index (κ1) is 16.4. The molecule has 1 aliphatic rings. The molecule has 118 valence electrons. The van der Waals surface area contributed by atoms with Crippen LogP contribution in [0.25, 0.3) is 0 Å². The first-order valence-electron chi connectivity index (χ1n) is 7.36. The Bertz CT molecular complexity index is 491. The van der Waals surface area contributed by atoms with Crippen molar-refractivity contribution in [1.29, 1.82) is 0 Å². The molecule has 2 unspecified atom stereocenters. The van der Waals surface area contributed by atoms with Gasteiger partial charge in [0.25, 0.3) is 5.91 Å². The van der Waals surface area contributed by atoms with Gasteiger partial charge in [0.1, 0.15) is 10.7 Å². The van der Waals surface area contributed by atoms with Gasteiger partial charge in [-0.1, -0.05) is 18.3 Å². The van der Waals surface area contributed by atoms with Gasteiger partial charge in [-0.2, -0.15) is 11.8 Å². The fourth-order valence-electron chi connectivity index (χ4n) is 2.61. The number of thiazole rings is 1. The van der Waals surface area contributed by atoms with Gasteiger partial charge in [-0.05, 0) is 31.9 Å². The second-order valence-corrected chi connectivity index (χ2v) is 7.59. The summed E-state index contributed by atoms with van der Waals surface area (Å²) in [5.41, 5.74) is 5.91. The van der Waals surface area contributed by atoms with E-state index >= 15 is 0 Å². The Hall–Kier alpha value is -0.950. The molecule has 21 heavy (non-hydrogen) atoms. The molecule has 0 radical (unpaired) electrons. The zero-order valence-corrected chi connectivity index (χ0v) is 14.5. The molecule has 0 saturated heterocycles. The SMILES string of the molecule is CCCN(C)c1nc(N)c(C(=O)NC2CCC(SC)C2)s1. The molecule has 0 spiro atoms. The van der Waals surface area contributed by atoms with Gasteiger partial charge in [-0.3, -0.25) is 4.79 Å². The normalized spacial score (nSPS) is 21.5. The van der Waals surface area contributed by atoms with Crippen molar-refractivity contribution in [3.05, 3.63) is 4.88 Å². The number of nitrogen functional groups attached to an aromatic ring is 1. The van der Waals surface area contributed by atoms with Crippen LogP contribution in [0.4, 0.5) is 10.9 Å². The molecular weight excluding hydrogens is 304 g/mol. The quantitative estimate of drug-likeness (QED) is 0.840. The number of anilines is 2. The molecule has 1 heterocycles. The first-order chi connectivity index (χ1) is 10.0. The van der Waals surface area contributed by atoms with Crippen molar-refractivity contribution in [2.45, 2.75) is 43.9 Å². The van der Waals surface area contributed by atoms with E-state index in [1.54, 1.807) is 0 Å². The Morgan fingerprint density at radius 3 is 2.95 bits per heavy atom. The van der Waals surface area contributed by atoms with Crippen LogP contribution in [0.1, 0.15) is 42.3 Å². The summed E-state index contributed by atoms with van der Waals surface area (Å²) >= 11 is 3.26. The topological polar surface area (TPSA) is 71.2 Å². The third kappa shape index (κ3) is 4.03. The van der Waals surface area contributed by atoms with Crippen LogP contribution in [0.5, 0.6) is 0 Å². The summed E-state index contributed by atoms with van der Waals surface area (Å²) in [6.45, 7) is 3.02. The molecule has 2 atom stereocenters. The molecule has 5 nitrogen and oxygen atoms in total. The lowest BCUT2D eigenvalue weighted by Gasteiger charge is -2.13. The summed E-state index contributed by atoms with van der Waals surface area (Å²) in [6.07, 6.45) is 6.45. The van der Waals surface area contributed by atoms with Crippen molar-refractivity contribution < 1.29 is 4.79 Å². The minimum absolute atomic E-state index is 0.0760. The van der Waals surface area contributed by atoms with E-state index in [0.29, 0.717) is 15.9 Å². The van der Waals surface area contributed by atoms with Crippen molar-refractivity contribution in [1.82, 2.24) is 10.3 Å². The maximum atomic E-state index is 12.4. The van der Waals surface area contributed by atoms with Crippen molar-refractivity contribution in [3.63, 3.8) is 0 Å². The van der Waals surface area contributed by atoms with Gasteiger partial charge in [-0.15, -0.1) is 0 Å². The van der Waals surface area contributed by atoms with Crippen LogP contribution in [-0.2, 0) is 0 Å². The van der Waals surface area contributed by atoms with Gasteiger partial charge in [0, 0.05) is 24.9 Å². The maximum absolute atomic E-state index is 12.4. The summed E-state index contributed by atoms with van der Waals surface area (Å²) in [5, 5.41) is 4.58. The zero-order chi connectivity index (χ0) is 15.4. The van der Waals surface area contributed by atoms with Gasteiger partial charge < -0.3 is 16.0 Å². The molecule has 0 aromatic carbocycles. The number of nitrogens with zero attached hydrogens (tertiary/aromatic N) is 2. The molecule has 2 rings (SSSR count). The number of aromatic nitrogens is 1. The number of carbonyl (C=O) groups is 1. The van der Waals surface area contributed by atoms with Crippen LogP contribution in [0.15, 0.2) is 0 Å². The second kappa shape index (κ2) is 7.35. The standard InChI is InChI=1S/C14H24N4OS2/c1-4-7-18(2)14-17-12(15)11(21-14)13(19)16-9-5-6-10(8-9)20-3/h9-10H,4-8,15H2,1-3H3,(H,16,19). The Morgan fingerprint density at radius 1 is 1.57 bits per heavy atom. The lowest BCUT2D eigenvalue weighted by molar-refractivity contribution is 0.0943. The van der Waals surface area contributed by atoms with Crippen molar-refractivity contribution in [3.8, 4) is 0 Å². The van der Waals surface area contributed by atoms with Gasteiger partial charge in [0.05, 0.1) is 0 Å². The van der Waals surface area contributed by atoms with E-state index in [0.717, 1.165) is 30.9 Å². The summed E-state index contributed by atoms with van der Waals surface area (Å²) in [5.74, 6) is 0.266. The number of hydrogen-bond acceptors (Lipinski definition) is 6. The molecule has 1 aromatic rings. The van der Waals surface area contributed by atoms with Crippen LogP contribution < -0.4 is 16.0 Å². The van der Waals surface area contributed by atoms with E-state index in [2.05, 4.69) is 23.5 Å². The number of rotatable bonds is 6. The van der Waals surface area contributed by atoms with Gasteiger partial charge in [-0.25, -0.2) is 4.98 Å². The third-order valence-corrected chi connectivity index (χ3v) is 6.07. The molecule has 0 bridgehead atoms. The number of nitrogens with two attached hydrogens (primary N) is 1. The molecule has 1 amide bonds. The fourth-order valence-corrected chi connectivity index (χ4v) is 4.29. The van der Waals surface area contributed by atoms with Crippen molar-refractivity contribution in [2.75, 3.05) is 30.5 Å². The lowest BCUT2D eigenvalue weighted by atomic mass is 10.2. The van der Waals surface area contributed by atoms with E-state index < -0.39 is 0 Å². The van der Waals surface area contributed by atoms with Crippen LogP contribution in [0.3, 0.4) is 0 Å². The van der Waals surface area contributed by atoms with Crippen LogP contribution in [0, 0.1) is 0 Å². The van der Waals surface area contributed by atoms with E-state index in [-0.39, 0.29) is 11.9 Å². The number of amides is 1. The second-order valence-electron chi connectivity index (χ2n) is 5.47. The molecule has 0 aliphatic heterocycles. The minimum Gasteiger partial charge on any atom is -0.382 e. The van der Waals surface area contributed by atoms with Gasteiger partial charge >= 0.3 is 0 Å². The Balaban J connectivity index is 1.99. The average molecular weight is 329 g/mol. The highest BCUT2D eigenvalue weighted by Gasteiger charge is 2.27. The highest BCUT2D eigenvalue weighted by Crippen LogP contribution is 2.30. The summed E-state index contributed by atoms with van der Waals surface area (Å²) in [4.78, 5) is 19.3. The van der Waals surface area contributed by atoms with Crippen molar-refractivity contribution in [2.24, 2.45) is 0 Å².